The van der Waals surface area contributed by atoms with Crippen LogP contribution >= 0.6 is 11.9 Å². The van der Waals surface area contributed by atoms with Gasteiger partial charge in [0.1, 0.15) is 0 Å². The summed E-state index contributed by atoms with van der Waals surface area (Å²) in [6, 6.07) is 6.78. The van der Waals surface area contributed by atoms with Gasteiger partial charge < -0.3 is 16.0 Å². The summed E-state index contributed by atoms with van der Waals surface area (Å²) >= 11 is 1.88. The van der Waals surface area contributed by atoms with Gasteiger partial charge in [-0.15, -0.1) is 0 Å². The first-order valence-electron chi connectivity index (χ1n) is 7.42. The van der Waals surface area contributed by atoms with E-state index in [0.717, 1.165) is 44.9 Å². The van der Waals surface area contributed by atoms with Crippen LogP contribution in [0.5, 0.6) is 0 Å². The highest BCUT2D eigenvalue weighted by atomic mass is 32.2. The molecule has 0 aliphatic carbocycles. The first-order chi connectivity index (χ1) is 9.78. The van der Waals surface area contributed by atoms with E-state index in [0.29, 0.717) is 0 Å². The van der Waals surface area contributed by atoms with Crippen molar-refractivity contribution in [3.63, 3.8) is 0 Å². The molecule has 0 unspecified atom stereocenters. The standard InChI is InChI=1S/C15H26N4S/c1-3-13-4-5-14(12-15(13)17-2)18-7-9-19(10-8-18)20-11-6-16/h4-5,12,17H,3,6-11,16H2,1-2H3. The number of hydrogen-bond donors (Lipinski definition) is 2. The molecule has 0 amide bonds. The molecule has 1 aliphatic heterocycles. The summed E-state index contributed by atoms with van der Waals surface area (Å²) < 4.78 is 2.43. The Hall–Kier alpha value is -0.910. The third-order valence-corrected chi connectivity index (χ3v) is 4.89. The van der Waals surface area contributed by atoms with Gasteiger partial charge in [-0.1, -0.05) is 24.9 Å². The van der Waals surface area contributed by atoms with Crippen molar-refractivity contribution in [1.29, 1.82) is 0 Å². The van der Waals surface area contributed by atoms with Gasteiger partial charge in [0.2, 0.25) is 0 Å². The maximum Gasteiger partial charge on any atom is 0.0390 e. The highest BCUT2D eigenvalue weighted by Gasteiger charge is 2.17. The van der Waals surface area contributed by atoms with Gasteiger partial charge in [-0.25, -0.2) is 4.31 Å². The lowest BCUT2D eigenvalue weighted by atomic mass is 10.1. The van der Waals surface area contributed by atoms with Gasteiger partial charge in [0.25, 0.3) is 0 Å². The molecule has 0 spiro atoms. The maximum absolute atomic E-state index is 5.56. The first-order valence-corrected chi connectivity index (χ1v) is 8.36. The largest absolute Gasteiger partial charge is 0.388 e. The van der Waals surface area contributed by atoms with Crippen LogP contribution in [0.3, 0.4) is 0 Å². The number of nitrogens with two attached hydrogens (primary N) is 1. The molecular weight excluding hydrogens is 268 g/mol. The number of aryl methyl sites for hydroxylation is 1. The molecule has 1 fully saturated rings. The van der Waals surface area contributed by atoms with Crippen LogP contribution in [-0.2, 0) is 6.42 Å². The van der Waals surface area contributed by atoms with Crippen molar-refractivity contribution in [3.05, 3.63) is 23.8 Å². The molecule has 1 heterocycles. The molecule has 2 rings (SSSR count). The van der Waals surface area contributed by atoms with Crippen LogP contribution in [0.1, 0.15) is 12.5 Å². The molecule has 1 aromatic carbocycles. The van der Waals surface area contributed by atoms with Gasteiger partial charge in [0.15, 0.2) is 0 Å². The average molecular weight is 294 g/mol. The Bertz CT molecular complexity index is 416. The Balaban J connectivity index is 1.96. The number of nitrogens with one attached hydrogen (secondary N) is 1. The van der Waals surface area contributed by atoms with Gasteiger partial charge >= 0.3 is 0 Å². The van der Waals surface area contributed by atoms with Crippen LogP contribution in [0.25, 0.3) is 0 Å². The third kappa shape index (κ3) is 3.81. The quantitative estimate of drug-likeness (QED) is 0.786. The topological polar surface area (TPSA) is 44.5 Å². The average Bonchev–Trinajstić information content (AvgIpc) is 2.52. The van der Waals surface area contributed by atoms with Gasteiger partial charge in [-0.3, -0.25) is 0 Å². The molecule has 0 bridgehead atoms. The van der Waals surface area contributed by atoms with E-state index in [9.17, 15) is 0 Å². The van der Waals surface area contributed by atoms with Crippen LogP contribution in [-0.4, -0.2) is 49.8 Å². The van der Waals surface area contributed by atoms with Crippen molar-refractivity contribution in [1.82, 2.24) is 4.31 Å². The van der Waals surface area contributed by atoms with Crippen LogP contribution < -0.4 is 16.0 Å². The number of anilines is 2. The van der Waals surface area contributed by atoms with E-state index >= 15 is 0 Å². The zero-order valence-electron chi connectivity index (χ0n) is 12.6. The Morgan fingerprint density at radius 2 is 2.00 bits per heavy atom. The fourth-order valence-corrected chi connectivity index (χ4v) is 3.34. The number of hydrogen-bond acceptors (Lipinski definition) is 5. The first kappa shape index (κ1) is 15.5. The van der Waals surface area contributed by atoms with Crippen molar-refractivity contribution in [3.8, 4) is 0 Å². The summed E-state index contributed by atoms with van der Waals surface area (Å²) in [5.74, 6) is 1.02. The number of piperazine rings is 1. The summed E-state index contributed by atoms with van der Waals surface area (Å²) in [6.07, 6.45) is 1.07. The number of rotatable bonds is 6. The number of nitrogens with zero attached hydrogens (tertiary/aromatic N) is 2. The number of benzene rings is 1. The third-order valence-electron chi connectivity index (χ3n) is 3.74. The van der Waals surface area contributed by atoms with Crippen LogP contribution in [0, 0.1) is 0 Å². The molecule has 1 saturated heterocycles. The zero-order valence-corrected chi connectivity index (χ0v) is 13.4. The minimum absolute atomic E-state index is 0.759. The van der Waals surface area contributed by atoms with E-state index < -0.39 is 0 Å². The van der Waals surface area contributed by atoms with E-state index in [1.165, 1.54) is 16.9 Å². The highest BCUT2D eigenvalue weighted by molar-refractivity contribution is 7.97. The van der Waals surface area contributed by atoms with Crippen molar-refractivity contribution in [2.24, 2.45) is 5.73 Å². The molecule has 20 heavy (non-hydrogen) atoms. The maximum atomic E-state index is 5.56. The Labute approximate surface area is 126 Å². The van der Waals surface area contributed by atoms with Gasteiger partial charge in [0.05, 0.1) is 0 Å². The van der Waals surface area contributed by atoms with Gasteiger partial charge in [0, 0.05) is 56.9 Å². The molecule has 0 radical (unpaired) electrons. The van der Waals surface area contributed by atoms with Crippen LogP contribution in [0.15, 0.2) is 18.2 Å². The molecule has 0 saturated carbocycles. The molecule has 5 heteroatoms. The van der Waals surface area contributed by atoms with Crippen molar-refractivity contribution in [2.45, 2.75) is 13.3 Å². The zero-order chi connectivity index (χ0) is 14.4. The summed E-state index contributed by atoms with van der Waals surface area (Å²) in [5, 5.41) is 3.31. The van der Waals surface area contributed by atoms with Crippen molar-refractivity contribution >= 4 is 23.3 Å². The predicted octanol–water partition coefficient (Wildman–Crippen LogP) is 2.02. The summed E-state index contributed by atoms with van der Waals surface area (Å²) in [6.45, 7) is 7.35. The fourth-order valence-electron chi connectivity index (χ4n) is 2.56. The molecule has 3 N–H and O–H groups in total. The molecule has 1 aromatic rings. The molecule has 0 atom stereocenters. The van der Waals surface area contributed by atoms with E-state index in [1.807, 2.05) is 19.0 Å². The molecule has 4 nitrogen and oxygen atoms in total. The lowest BCUT2D eigenvalue weighted by molar-refractivity contribution is 0.430. The minimum Gasteiger partial charge on any atom is -0.388 e. The molecule has 0 aromatic heterocycles. The SMILES string of the molecule is CCc1ccc(N2CCN(SCCN)CC2)cc1NC. The summed E-state index contributed by atoms with van der Waals surface area (Å²) in [4.78, 5) is 2.47. The van der Waals surface area contributed by atoms with E-state index in [-0.39, 0.29) is 0 Å². The van der Waals surface area contributed by atoms with Crippen LogP contribution in [0.2, 0.25) is 0 Å². The van der Waals surface area contributed by atoms with E-state index in [4.69, 9.17) is 5.73 Å². The van der Waals surface area contributed by atoms with Gasteiger partial charge in [-0.2, -0.15) is 0 Å². The second-order valence-corrected chi connectivity index (χ2v) is 6.17. The van der Waals surface area contributed by atoms with Gasteiger partial charge in [-0.05, 0) is 24.1 Å². The smallest absolute Gasteiger partial charge is 0.0390 e. The van der Waals surface area contributed by atoms with Crippen LogP contribution in [0.4, 0.5) is 11.4 Å². The second kappa shape index (κ2) is 7.76. The Kier molecular flexibility index (Phi) is 6.01. The Morgan fingerprint density at radius 3 is 2.60 bits per heavy atom. The second-order valence-electron chi connectivity index (χ2n) is 4.98. The molecule has 112 valence electrons. The monoisotopic (exact) mass is 294 g/mol. The molecule has 1 aliphatic rings. The Morgan fingerprint density at radius 1 is 1.25 bits per heavy atom. The predicted molar refractivity (Wildman–Crippen MR) is 90.7 cm³/mol. The van der Waals surface area contributed by atoms with E-state index in [2.05, 4.69) is 39.6 Å². The van der Waals surface area contributed by atoms with E-state index in [1.54, 1.807) is 0 Å². The minimum atomic E-state index is 0.759. The lowest BCUT2D eigenvalue weighted by Crippen LogP contribution is -2.43. The summed E-state index contributed by atoms with van der Waals surface area (Å²) in [5.41, 5.74) is 9.52. The molecular formula is C15H26N4S. The normalized spacial score (nSPS) is 16.4. The van der Waals surface area contributed by atoms with Crippen molar-refractivity contribution < 1.29 is 0 Å². The lowest BCUT2D eigenvalue weighted by Gasteiger charge is -2.35. The van der Waals surface area contributed by atoms with Crippen molar-refractivity contribution in [2.75, 3.05) is 55.7 Å². The fraction of sp³-hybridized carbons (Fsp3) is 0.600. The highest BCUT2D eigenvalue weighted by Crippen LogP contribution is 2.25. The summed E-state index contributed by atoms with van der Waals surface area (Å²) in [7, 11) is 2.00.